The molecule has 1 fully saturated rings. The van der Waals surface area contributed by atoms with Crippen molar-refractivity contribution < 1.29 is 4.74 Å². The summed E-state index contributed by atoms with van der Waals surface area (Å²) < 4.78 is 8.20. The maximum absolute atomic E-state index is 6.65. The predicted octanol–water partition coefficient (Wildman–Crippen LogP) is 8.77. The zero-order valence-electron chi connectivity index (χ0n) is 21.9. The molecule has 0 radical (unpaired) electrons. The third-order valence-corrected chi connectivity index (χ3v) is 7.98. The van der Waals surface area contributed by atoms with Crippen molar-refractivity contribution in [2.45, 2.75) is 25.9 Å². The van der Waals surface area contributed by atoms with Crippen LogP contribution in [0.4, 0.5) is 5.69 Å². The number of rotatable bonds is 6. The van der Waals surface area contributed by atoms with Crippen LogP contribution >= 0.6 is 35.4 Å². The Hall–Kier alpha value is -3.84. The Labute approximate surface area is 249 Å². The molecule has 1 aliphatic heterocycles. The highest BCUT2D eigenvalue weighted by molar-refractivity contribution is 7.80. The summed E-state index contributed by atoms with van der Waals surface area (Å²) in [7, 11) is 0. The fraction of sp³-hybridized carbons (Fsp3) is 0.125. The van der Waals surface area contributed by atoms with Gasteiger partial charge in [-0.3, -0.25) is 4.98 Å². The Morgan fingerprint density at radius 3 is 2.27 bits per heavy atom. The van der Waals surface area contributed by atoms with Crippen LogP contribution in [0.2, 0.25) is 10.0 Å². The number of hydrogen-bond acceptors (Lipinski definition) is 3. The highest BCUT2D eigenvalue weighted by atomic mass is 35.5. The van der Waals surface area contributed by atoms with Gasteiger partial charge in [-0.05, 0) is 104 Å². The van der Waals surface area contributed by atoms with Gasteiger partial charge in [-0.25, -0.2) is 0 Å². The van der Waals surface area contributed by atoms with Crippen LogP contribution in [-0.2, 0) is 0 Å². The minimum atomic E-state index is -0.163. The molecule has 0 unspecified atom stereocenters. The van der Waals surface area contributed by atoms with Crippen LogP contribution in [0, 0.1) is 13.8 Å². The van der Waals surface area contributed by atoms with Gasteiger partial charge in [0, 0.05) is 28.3 Å². The van der Waals surface area contributed by atoms with E-state index in [1.807, 2.05) is 91.1 Å². The average molecular weight is 586 g/mol. The van der Waals surface area contributed by atoms with E-state index in [9.17, 15) is 0 Å². The molecule has 0 saturated carbocycles. The minimum absolute atomic E-state index is 0.158. The first kappa shape index (κ1) is 26.4. The van der Waals surface area contributed by atoms with Crippen LogP contribution < -0.4 is 15.0 Å². The fourth-order valence-corrected chi connectivity index (χ4v) is 6.21. The number of nitrogens with one attached hydrogen (secondary N) is 1. The Balaban J connectivity index is 1.43. The van der Waals surface area contributed by atoms with Gasteiger partial charge in [0.1, 0.15) is 11.5 Å². The van der Waals surface area contributed by atoms with Crippen molar-refractivity contribution in [2.24, 2.45) is 0 Å². The highest BCUT2D eigenvalue weighted by Gasteiger charge is 2.42. The normalized spacial score (nSPS) is 16.7. The number of nitrogens with zero attached hydrogens (tertiary/aromatic N) is 3. The molecular formula is C32H26Cl2N4OS. The number of anilines is 1. The lowest BCUT2D eigenvalue weighted by Crippen LogP contribution is -2.29. The summed E-state index contributed by atoms with van der Waals surface area (Å²) in [5.41, 5.74) is 5.99. The Morgan fingerprint density at radius 1 is 0.850 bits per heavy atom. The smallest absolute Gasteiger partial charge is 0.174 e. The molecule has 5 aromatic rings. The summed E-state index contributed by atoms with van der Waals surface area (Å²) in [4.78, 5) is 6.85. The van der Waals surface area contributed by atoms with Crippen LogP contribution in [0.1, 0.15) is 34.7 Å². The third-order valence-electron chi connectivity index (χ3n) is 7.13. The van der Waals surface area contributed by atoms with Gasteiger partial charge in [0.25, 0.3) is 0 Å². The maximum atomic E-state index is 6.65. The molecule has 0 bridgehead atoms. The van der Waals surface area contributed by atoms with Crippen molar-refractivity contribution in [1.82, 2.24) is 14.9 Å². The van der Waals surface area contributed by atoms with Crippen molar-refractivity contribution in [3.05, 3.63) is 136 Å². The Morgan fingerprint density at radius 2 is 1.57 bits per heavy atom. The number of benzene rings is 3. The molecular weight excluding hydrogens is 559 g/mol. The van der Waals surface area contributed by atoms with Crippen LogP contribution in [0.5, 0.6) is 11.5 Å². The van der Waals surface area contributed by atoms with Crippen LogP contribution in [0.3, 0.4) is 0 Å². The molecule has 200 valence electrons. The summed E-state index contributed by atoms with van der Waals surface area (Å²) in [5, 5.41) is 5.37. The summed E-state index contributed by atoms with van der Waals surface area (Å²) in [6.45, 7) is 4.19. The van der Waals surface area contributed by atoms with E-state index in [1.54, 1.807) is 6.07 Å². The van der Waals surface area contributed by atoms with Gasteiger partial charge in [0.05, 0.1) is 28.5 Å². The minimum Gasteiger partial charge on any atom is -0.457 e. The SMILES string of the molecule is Cc1cc([C@@H]2[C@H](c3ccccn3)NC(=S)N2c2ccc(Oc3ccccc3)cc2)c(C)n1-c1ccc(Cl)cc1Cl. The van der Waals surface area contributed by atoms with Gasteiger partial charge < -0.3 is 19.5 Å². The molecule has 2 atom stereocenters. The third kappa shape index (κ3) is 4.94. The fourth-order valence-electron chi connectivity index (χ4n) is 5.37. The standard InChI is InChI=1S/C32H26Cl2N4OS/c1-20-18-26(21(2)37(20)29-16-11-22(33)19-27(29)34)31-30(28-10-6-7-17-35-28)36-32(40)38(31)23-12-14-25(15-13-23)39-24-8-4-3-5-9-24/h3-19,30-31H,1-2H3,(H,36,40)/t30-,31+/m0/s1. The van der Waals surface area contributed by atoms with Gasteiger partial charge in [0.2, 0.25) is 0 Å². The molecule has 2 aromatic heterocycles. The first-order chi connectivity index (χ1) is 19.4. The number of thiocarbonyl (C=S) groups is 1. The summed E-state index contributed by atoms with van der Waals surface area (Å²) in [6.07, 6.45) is 1.81. The van der Waals surface area contributed by atoms with Crippen molar-refractivity contribution in [3.63, 3.8) is 0 Å². The number of hydrogen-bond donors (Lipinski definition) is 1. The predicted molar refractivity (Wildman–Crippen MR) is 166 cm³/mol. The first-order valence-electron chi connectivity index (χ1n) is 12.9. The molecule has 1 aliphatic rings. The molecule has 0 amide bonds. The lowest BCUT2D eigenvalue weighted by molar-refractivity contribution is 0.482. The number of halogens is 2. The zero-order chi connectivity index (χ0) is 27.8. The first-order valence-corrected chi connectivity index (χ1v) is 14.0. The van der Waals surface area contributed by atoms with E-state index in [-0.39, 0.29) is 12.1 Å². The van der Waals surface area contributed by atoms with Gasteiger partial charge >= 0.3 is 0 Å². The van der Waals surface area contributed by atoms with Crippen LogP contribution in [0.15, 0.2) is 103 Å². The second-order valence-electron chi connectivity index (χ2n) is 9.66. The van der Waals surface area contributed by atoms with Crippen molar-refractivity contribution in [1.29, 1.82) is 0 Å². The van der Waals surface area contributed by atoms with Crippen LogP contribution in [-0.4, -0.2) is 14.7 Å². The zero-order valence-corrected chi connectivity index (χ0v) is 24.2. The van der Waals surface area contributed by atoms with Gasteiger partial charge in [-0.2, -0.15) is 0 Å². The number of ether oxygens (including phenoxy) is 1. The molecule has 3 heterocycles. The summed E-state index contributed by atoms with van der Waals surface area (Å²) in [5.74, 6) is 1.54. The summed E-state index contributed by atoms with van der Waals surface area (Å²) >= 11 is 18.8. The van der Waals surface area contributed by atoms with E-state index >= 15 is 0 Å². The molecule has 1 saturated heterocycles. The van der Waals surface area contributed by atoms with Crippen LogP contribution in [0.25, 0.3) is 5.69 Å². The van der Waals surface area contributed by atoms with Crippen molar-refractivity contribution >= 4 is 46.2 Å². The quantitative estimate of drug-likeness (QED) is 0.202. The monoisotopic (exact) mass is 584 g/mol. The van der Waals surface area contributed by atoms with Crippen molar-refractivity contribution in [3.8, 4) is 17.2 Å². The van der Waals surface area contributed by atoms with E-state index in [0.29, 0.717) is 15.2 Å². The molecule has 8 heteroatoms. The number of para-hydroxylation sites is 1. The number of aromatic nitrogens is 2. The Kier molecular flexibility index (Phi) is 7.24. The van der Waals surface area contributed by atoms with E-state index in [4.69, 9.17) is 40.2 Å². The average Bonchev–Trinajstić information content (AvgIpc) is 3.45. The maximum Gasteiger partial charge on any atom is 0.174 e. The topological polar surface area (TPSA) is 42.3 Å². The van der Waals surface area contributed by atoms with E-state index < -0.39 is 0 Å². The van der Waals surface area contributed by atoms with Crippen molar-refractivity contribution in [2.75, 3.05) is 4.90 Å². The van der Waals surface area contributed by atoms with Gasteiger partial charge in [0.15, 0.2) is 5.11 Å². The Bertz CT molecular complexity index is 1670. The molecule has 0 spiro atoms. The molecule has 6 rings (SSSR count). The summed E-state index contributed by atoms with van der Waals surface area (Å²) in [6, 6.07) is 31.2. The van der Waals surface area contributed by atoms with E-state index in [1.165, 1.54) is 0 Å². The molecule has 0 aliphatic carbocycles. The van der Waals surface area contributed by atoms with Gasteiger partial charge in [-0.1, -0.05) is 47.5 Å². The number of pyridine rings is 1. The second-order valence-corrected chi connectivity index (χ2v) is 10.9. The largest absolute Gasteiger partial charge is 0.457 e. The lowest BCUT2D eigenvalue weighted by atomic mass is 9.96. The highest BCUT2D eigenvalue weighted by Crippen LogP contribution is 2.44. The van der Waals surface area contributed by atoms with E-state index in [2.05, 4.69) is 39.7 Å². The van der Waals surface area contributed by atoms with E-state index in [0.717, 1.165) is 45.5 Å². The van der Waals surface area contributed by atoms with Gasteiger partial charge in [-0.15, -0.1) is 0 Å². The lowest BCUT2D eigenvalue weighted by Gasteiger charge is -2.28. The second kappa shape index (κ2) is 11.0. The number of aryl methyl sites for hydroxylation is 1. The molecule has 40 heavy (non-hydrogen) atoms. The molecule has 5 nitrogen and oxygen atoms in total. The molecule has 3 aromatic carbocycles. The molecule has 1 N–H and O–H groups in total.